The first-order valence-corrected chi connectivity index (χ1v) is 9.36. The van der Waals surface area contributed by atoms with Crippen molar-refractivity contribution in [2.75, 3.05) is 26.7 Å². The number of unbranched alkanes of at least 4 members (excludes halogenated alkanes) is 1. The number of benzene rings is 1. The maximum absolute atomic E-state index is 12.2. The van der Waals surface area contributed by atoms with Crippen molar-refractivity contribution in [1.29, 1.82) is 0 Å². The van der Waals surface area contributed by atoms with E-state index in [1.54, 1.807) is 6.20 Å². The minimum atomic E-state index is -0.597. The zero-order chi connectivity index (χ0) is 18.4. The highest BCUT2D eigenvalue weighted by Crippen LogP contribution is 2.26. The van der Waals surface area contributed by atoms with Crippen LogP contribution in [0.25, 0.3) is 0 Å². The quantitative estimate of drug-likeness (QED) is 0.807. The molecule has 1 fully saturated rings. The molecule has 0 unspecified atom stereocenters. The van der Waals surface area contributed by atoms with E-state index < -0.39 is 11.8 Å². The number of likely N-dealkylation sites (tertiary alicyclic amines) is 1. The summed E-state index contributed by atoms with van der Waals surface area (Å²) in [5.74, 6) is 0.252. The molecule has 26 heavy (non-hydrogen) atoms. The number of carbonyl (C=O) groups is 1. The summed E-state index contributed by atoms with van der Waals surface area (Å²) in [4.78, 5) is 26.5. The normalized spacial score (nSPS) is 15.9. The van der Waals surface area contributed by atoms with Crippen LogP contribution in [0.15, 0.2) is 45.7 Å². The summed E-state index contributed by atoms with van der Waals surface area (Å²) < 4.78 is 6.38. The summed E-state index contributed by atoms with van der Waals surface area (Å²) in [6, 6.07) is 9.88. The Morgan fingerprint density at radius 3 is 2.65 bits per heavy atom. The Balaban J connectivity index is 1.45. The van der Waals surface area contributed by atoms with Gasteiger partial charge in [-0.1, -0.05) is 30.3 Å². The van der Waals surface area contributed by atoms with Crippen LogP contribution in [0.3, 0.4) is 0 Å². The predicted molar refractivity (Wildman–Crippen MR) is 101 cm³/mol. The summed E-state index contributed by atoms with van der Waals surface area (Å²) in [5, 5.41) is 2.81. The summed E-state index contributed by atoms with van der Waals surface area (Å²) in [6.07, 6.45) is 6.32. The van der Waals surface area contributed by atoms with Crippen molar-refractivity contribution in [3.05, 3.63) is 58.4 Å². The summed E-state index contributed by atoms with van der Waals surface area (Å²) >= 11 is 0. The molecule has 0 spiro atoms. The van der Waals surface area contributed by atoms with E-state index in [0.29, 0.717) is 12.3 Å². The second kappa shape index (κ2) is 8.85. The minimum absolute atomic E-state index is 0.221. The molecule has 1 saturated heterocycles. The first kappa shape index (κ1) is 18.5. The molecule has 1 aromatic heterocycles. The Morgan fingerprint density at radius 2 is 1.92 bits per heavy atom. The Labute approximate surface area is 153 Å². The summed E-state index contributed by atoms with van der Waals surface area (Å²) in [5.41, 5.74) is 1.30. The predicted octanol–water partition coefficient (Wildman–Crippen LogP) is 2.83. The lowest BCUT2D eigenvalue weighted by molar-refractivity contribution is 0.236. The van der Waals surface area contributed by atoms with Crippen LogP contribution < -0.4 is 11.1 Å². The number of carbonyl (C=O) groups excluding carboxylic acids is 1. The van der Waals surface area contributed by atoms with Gasteiger partial charge in [0.2, 0.25) is 0 Å². The maximum Gasteiger partial charge on any atom is 0.427 e. The fourth-order valence-corrected chi connectivity index (χ4v) is 3.36. The molecule has 2 aromatic rings. The first-order valence-electron chi connectivity index (χ1n) is 9.36. The lowest BCUT2D eigenvalue weighted by atomic mass is 9.95. The number of piperidine rings is 1. The van der Waals surface area contributed by atoms with E-state index in [0.717, 1.165) is 49.8 Å². The Hall–Kier alpha value is -2.34. The largest absolute Gasteiger partial charge is 0.427 e. The van der Waals surface area contributed by atoms with Gasteiger partial charge in [-0.25, -0.2) is 14.2 Å². The van der Waals surface area contributed by atoms with E-state index in [4.69, 9.17) is 4.42 Å². The number of hydrogen-bond donors (Lipinski definition) is 1. The van der Waals surface area contributed by atoms with Crippen LogP contribution in [0, 0.1) is 0 Å². The molecule has 1 aromatic carbocycles. The fraction of sp³-hybridized carbons (Fsp3) is 0.500. The lowest BCUT2D eigenvalue weighted by Crippen LogP contribution is -2.34. The van der Waals surface area contributed by atoms with Crippen LogP contribution in [0.4, 0.5) is 4.79 Å². The van der Waals surface area contributed by atoms with Crippen molar-refractivity contribution in [3.8, 4) is 0 Å². The Morgan fingerprint density at radius 1 is 1.19 bits per heavy atom. The molecule has 1 N–H and O–H groups in total. The smallest absolute Gasteiger partial charge is 0.412 e. The molecule has 6 heteroatoms. The number of aromatic nitrogens is 1. The average molecular weight is 357 g/mol. The third kappa shape index (κ3) is 4.85. The van der Waals surface area contributed by atoms with Gasteiger partial charge in [-0.2, -0.15) is 0 Å². The van der Waals surface area contributed by atoms with Crippen molar-refractivity contribution in [1.82, 2.24) is 14.8 Å². The average Bonchev–Trinajstić information content (AvgIpc) is 3.04. The standard InChI is InChI=1S/C20H27N3O3/c1-22-13-10-17(11-14-22)18-15-23(20(25)26-18)19(24)21-12-6-5-9-16-7-3-2-4-8-16/h2-4,7-8,15,17H,5-6,9-14H2,1H3,(H,21,24). The highest BCUT2D eigenvalue weighted by Gasteiger charge is 2.23. The number of amides is 1. The maximum atomic E-state index is 12.2. The van der Waals surface area contributed by atoms with Gasteiger partial charge >= 0.3 is 11.8 Å². The van der Waals surface area contributed by atoms with Crippen LogP contribution >= 0.6 is 0 Å². The van der Waals surface area contributed by atoms with Crippen LogP contribution in [0.2, 0.25) is 0 Å². The summed E-state index contributed by atoms with van der Waals surface area (Å²) in [7, 11) is 2.09. The van der Waals surface area contributed by atoms with Crippen molar-refractivity contribution in [3.63, 3.8) is 0 Å². The van der Waals surface area contributed by atoms with Gasteiger partial charge in [-0.15, -0.1) is 0 Å². The lowest BCUT2D eigenvalue weighted by Gasteiger charge is -2.27. The molecule has 1 aliphatic heterocycles. The highest BCUT2D eigenvalue weighted by atomic mass is 16.4. The molecule has 0 aliphatic carbocycles. The Bertz CT molecular complexity index is 758. The minimum Gasteiger partial charge on any atom is -0.412 e. The van der Waals surface area contributed by atoms with Gasteiger partial charge in [0, 0.05) is 12.5 Å². The van der Waals surface area contributed by atoms with Crippen LogP contribution in [0.1, 0.15) is 42.9 Å². The van der Waals surface area contributed by atoms with Crippen LogP contribution in [-0.4, -0.2) is 42.2 Å². The molecule has 140 valence electrons. The van der Waals surface area contributed by atoms with Crippen molar-refractivity contribution < 1.29 is 9.21 Å². The van der Waals surface area contributed by atoms with Gasteiger partial charge in [0.15, 0.2) is 0 Å². The molecule has 2 heterocycles. The van der Waals surface area contributed by atoms with E-state index in [1.807, 2.05) is 18.2 Å². The zero-order valence-electron chi connectivity index (χ0n) is 15.3. The van der Waals surface area contributed by atoms with E-state index in [-0.39, 0.29) is 5.92 Å². The van der Waals surface area contributed by atoms with Gasteiger partial charge in [-0.05, 0) is 57.8 Å². The number of hydrogen-bond acceptors (Lipinski definition) is 4. The number of rotatable bonds is 6. The number of nitrogens with one attached hydrogen (secondary N) is 1. The first-order chi connectivity index (χ1) is 12.6. The van der Waals surface area contributed by atoms with Crippen molar-refractivity contribution in [2.45, 2.75) is 38.0 Å². The van der Waals surface area contributed by atoms with Crippen molar-refractivity contribution in [2.24, 2.45) is 0 Å². The van der Waals surface area contributed by atoms with Crippen molar-refractivity contribution >= 4 is 6.03 Å². The van der Waals surface area contributed by atoms with E-state index >= 15 is 0 Å². The van der Waals surface area contributed by atoms with Gasteiger partial charge in [0.05, 0.1) is 6.20 Å². The molecule has 0 bridgehead atoms. The topological polar surface area (TPSA) is 67.5 Å². The van der Waals surface area contributed by atoms with Crippen LogP contribution in [0.5, 0.6) is 0 Å². The fourth-order valence-electron chi connectivity index (χ4n) is 3.36. The molecule has 0 atom stereocenters. The van der Waals surface area contributed by atoms with E-state index in [9.17, 15) is 9.59 Å². The van der Waals surface area contributed by atoms with Gasteiger partial charge in [-0.3, -0.25) is 0 Å². The van der Waals surface area contributed by atoms with Gasteiger partial charge in [0.1, 0.15) is 5.76 Å². The molecule has 1 aliphatic rings. The van der Waals surface area contributed by atoms with E-state index in [2.05, 4.69) is 29.4 Å². The number of oxazole rings is 1. The number of nitrogens with zero attached hydrogens (tertiary/aromatic N) is 2. The Kier molecular flexibility index (Phi) is 6.28. The molecule has 0 saturated carbocycles. The third-order valence-electron chi connectivity index (χ3n) is 5.01. The molecule has 1 amide bonds. The van der Waals surface area contributed by atoms with Gasteiger partial charge < -0.3 is 14.6 Å². The number of aryl methyl sites for hydroxylation is 1. The van der Waals surface area contributed by atoms with Crippen LogP contribution in [-0.2, 0) is 6.42 Å². The SMILES string of the molecule is CN1CCC(c2cn(C(=O)NCCCCc3ccccc3)c(=O)o2)CC1. The summed E-state index contributed by atoms with van der Waals surface area (Å²) in [6.45, 7) is 2.51. The second-order valence-corrected chi connectivity index (χ2v) is 7.02. The molecule has 0 radical (unpaired) electrons. The monoisotopic (exact) mass is 357 g/mol. The second-order valence-electron chi connectivity index (χ2n) is 7.02. The molecule has 6 nitrogen and oxygen atoms in total. The highest BCUT2D eigenvalue weighted by molar-refractivity contribution is 5.76. The molecule has 3 rings (SSSR count). The molecular formula is C20H27N3O3. The molecular weight excluding hydrogens is 330 g/mol. The van der Waals surface area contributed by atoms with Gasteiger partial charge in [0.25, 0.3) is 0 Å². The third-order valence-corrected chi connectivity index (χ3v) is 5.01. The zero-order valence-corrected chi connectivity index (χ0v) is 15.3. The van der Waals surface area contributed by atoms with E-state index in [1.165, 1.54) is 5.56 Å².